The fourth-order valence-corrected chi connectivity index (χ4v) is 2.25. The molecule has 6 nitrogen and oxygen atoms in total. The number of nitrogens with zero attached hydrogens (tertiary/aromatic N) is 1. The number of ketones is 1. The van der Waals surface area contributed by atoms with Gasteiger partial charge in [-0.3, -0.25) is 14.5 Å². The SMILES string of the molecule is CC(=O)CC(=O)OC(=O)C1CN(Cc2ccccc2)CCO1. The normalized spacial score (nSPS) is 18.7. The second-order valence-electron chi connectivity index (χ2n) is 5.25. The first-order chi connectivity index (χ1) is 10.5. The Morgan fingerprint density at radius 2 is 2.00 bits per heavy atom. The lowest BCUT2D eigenvalue weighted by Crippen LogP contribution is -2.46. The molecule has 1 aliphatic heterocycles. The van der Waals surface area contributed by atoms with E-state index in [-0.39, 0.29) is 5.78 Å². The topological polar surface area (TPSA) is 72.9 Å². The third-order valence-electron chi connectivity index (χ3n) is 3.27. The van der Waals surface area contributed by atoms with E-state index in [1.807, 2.05) is 30.3 Å². The first-order valence-corrected chi connectivity index (χ1v) is 7.16. The Morgan fingerprint density at radius 3 is 2.68 bits per heavy atom. The van der Waals surface area contributed by atoms with E-state index in [9.17, 15) is 14.4 Å². The summed E-state index contributed by atoms with van der Waals surface area (Å²) in [6.07, 6.45) is -1.19. The van der Waals surface area contributed by atoms with Gasteiger partial charge in [0.25, 0.3) is 0 Å². The molecule has 1 fully saturated rings. The number of hydrogen-bond donors (Lipinski definition) is 0. The Bertz CT molecular complexity index is 543. The molecule has 0 N–H and O–H groups in total. The molecular weight excluding hydrogens is 286 g/mol. The monoisotopic (exact) mass is 305 g/mol. The standard InChI is InChI=1S/C16H19NO5/c1-12(18)9-15(19)22-16(20)14-11-17(7-8-21-14)10-13-5-3-2-4-6-13/h2-6,14H,7-11H2,1H3. The summed E-state index contributed by atoms with van der Waals surface area (Å²) in [4.78, 5) is 36.1. The highest BCUT2D eigenvalue weighted by molar-refractivity contribution is 5.98. The molecule has 0 amide bonds. The van der Waals surface area contributed by atoms with Gasteiger partial charge in [0.2, 0.25) is 0 Å². The van der Waals surface area contributed by atoms with Gasteiger partial charge >= 0.3 is 11.9 Å². The summed E-state index contributed by atoms with van der Waals surface area (Å²) in [5.41, 5.74) is 1.14. The number of rotatable bonds is 5. The minimum atomic E-state index is -0.832. The van der Waals surface area contributed by atoms with E-state index >= 15 is 0 Å². The van der Waals surface area contributed by atoms with Crippen LogP contribution >= 0.6 is 0 Å². The molecular formula is C16H19NO5. The molecule has 1 aromatic rings. The molecule has 0 saturated carbocycles. The van der Waals surface area contributed by atoms with Gasteiger partial charge in [0, 0.05) is 19.6 Å². The Balaban J connectivity index is 1.86. The number of morpholine rings is 1. The van der Waals surface area contributed by atoms with E-state index < -0.39 is 24.5 Å². The fourth-order valence-electron chi connectivity index (χ4n) is 2.25. The largest absolute Gasteiger partial charge is 0.391 e. The average Bonchev–Trinajstić information content (AvgIpc) is 2.47. The summed E-state index contributed by atoms with van der Waals surface area (Å²) >= 11 is 0. The second-order valence-corrected chi connectivity index (χ2v) is 5.25. The van der Waals surface area contributed by atoms with E-state index in [0.29, 0.717) is 26.2 Å². The summed E-state index contributed by atoms with van der Waals surface area (Å²) in [5, 5.41) is 0. The highest BCUT2D eigenvalue weighted by Crippen LogP contribution is 2.11. The van der Waals surface area contributed by atoms with Crippen LogP contribution in [0.1, 0.15) is 18.9 Å². The molecule has 118 valence electrons. The van der Waals surface area contributed by atoms with Gasteiger partial charge in [0.15, 0.2) is 6.10 Å². The van der Waals surface area contributed by atoms with E-state index in [1.165, 1.54) is 6.92 Å². The Labute approximate surface area is 129 Å². The summed E-state index contributed by atoms with van der Waals surface area (Å²) < 4.78 is 10.0. The molecule has 0 radical (unpaired) electrons. The zero-order valence-corrected chi connectivity index (χ0v) is 12.5. The molecule has 0 aliphatic carbocycles. The maximum atomic E-state index is 11.9. The van der Waals surface area contributed by atoms with Gasteiger partial charge in [-0.2, -0.15) is 0 Å². The zero-order chi connectivity index (χ0) is 15.9. The molecule has 0 aromatic heterocycles. The zero-order valence-electron chi connectivity index (χ0n) is 12.5. The summed E-state index contributed by atoms with van der Waals surface area (Å²) in [5.74, 6) is -1.90. The van der Waals surface area contributed by atoms with Crippen molar-refractivity contribution >= 4 is 17.7 Å². The molecule has 0 bridgehead atoms. The number of Topliss-reactive ketones (excluding diaryl/α,β-unsaturated/α-hetero) is 1. The van der Waals surface area contributed by atoms with Gasteiger partial charge in [-0.15, -0.1) is 0 Å². The van der Waals surface area contributed by atoms with Crippen molar-refractivity contribution in [3.8, 4) is 0 Å². The maximum absolute atomic E-state index is 11.9. The Kier molecular flexibility index (Phi) is 5.80. The molecule has 2 rings (SSSR count). The smallest absolute Gasteiger partial charge is 0.344 e. The molecule has 1 atom stereocenters. The molecule has 22 heavy (non-hydrogen) atoms. The predicted octanol–water partition coefficient (Wildman–Crippen LogP) is 0.936. The van der Waals surface area contributed by atoms with E-state index in [0.717, 1.165) is 5.56 Å². The number of benzene rings is 1. The molecule has 1 unspecified atom stereocenters. The number of carbonyl (C=O) groups is 3. The van der Waals surface area contributed by atoms with Crippen LogP contribution < -0.4 is 0 Å². The molecule has 0 spiro atoms. The van der Waals surface area contributed by atoms with Crippen LogP contribution in [0.5, 0.6) is 0 Å². The lowest BCUT2D eigenvalue weighted by molar-refractivity contribution is -0.172. The minimum Gasteiger partial charge on any atom is -0.391 e. The molecule has 1 aromatic carbocycles. The third-order valence-corrected chi connectivity index (χ3v) is 3.27. The van der Waals surface area contributed by atoms with Crippen LogP contribution in [0.15, 0.2) is 30.3 Å². The number of hydrogen-bond acceptors (Lipinski definition) is 6. The van der Waals surface area contributed by atoms with Crippen molar-refractivity contribution in [2.75, 3.05) is 19.7 Å². The molecule has 1 heterocycles. The fraction of sp³-hybridized carbons (Fsp3) is 0.438. The van der Waals surface area contributed by atoms with Crippen LogP contribution in [0.25, 0.3) is 0 Å². The van der Waals surface area contributed by atoms with Crippen molar-refractivity contribution in [1.29, 1.82) is 0 Å². The number of esters is 2. The second kappa shape index (κ2) is 7.82. The quantitative estimate of drug-likeness (QED) is 0.595. The van der Waals surface area contributed by atoms with E-state index in [1.54, 1.807) is 0 Å². The van der Waals surface area contributed by atoms with E-state index in [2.05, 4.69) is 9.64 Å². The van der Waals surface area contributed by atoms with Gasteiger partial charge in [-0.1, -0.05) is 30.3 Å². The highest BCUT2D eigenvalue weighted by atomic mass is 16.6. The van der Waals surface area contributed by atoms with Crippen LogP contribution in [0.2, 0.25) is 0 Å². The average molecular weight is 305 g/mol. The van der Waals surface area contributed by atoms with E-state index in [4.69, 9.17) is 4.74 Å². The number of ether oxygens (including phenoxy) is 2. The van der Waals surface area contributed by atoms with Gasteiger partial charge in [-0.25, -0.2) is 4.79 Å². The van der Waals surface area contributed by atoms with Gasteiger partial charge in [-0.05, 0) is 12.5 Å². The lowest BCUT2D eigenvalue weighted by Gasteiger charge is -2.31. The summed E-state index contributed by atoms with van der Waals surface area (Å²) in [6.45, 7) is 3.44. The first kappa shape index (κ1) is 16.3. The number of carbonyl (C=O) groups excluding carboxylic acids is 3. The predicted molar refractivity (Wildman–Crippen MR) is 77.9 cm³/mol. The van der Waals surface area contributed by atoms with Crippen LogP contribution in [0, 0.1) is 0 Å². The molecule has 6 heteroatoms. The Hall–Kier alpha value is -2.05. The van der Waals surface area contributed by atoms with Crippen LogP contribution in [-0.2, 0) is 30.4 Å². The van der Waals surface area contributed by atoms with Crippen molar-refractivity contribution in [1.82, 2.24) is 4.90 Å². The van der Waals surface area contributed by atoms with Gasteiger partial charge in [0.1, 0.15) is 12.2 Å². The van der Waals surface area contributed by atoms with Gasteiger partial charge < -0.3 is 9.47 Å². The maximum Gasteiger partial charge on any atom is 0.344 e. The van der Waals surface area contributed by atoms with Crippen molar-refractivity contribution in [3.63, 3.8) is 0 Å². The summed E-state index contributed by atoms with van der Waals surface area (Å²) in [6, 6.07) is 9.89. The van der Waals surface area contributed by atoms with Crippen molar-refractivity contribution < 1.29 is 23.9 Å². The third kappa shape index (κ3) is 5.05. The first-order valence-electron chi connectivity index (χ1n) is 7.16. The minimum absolute atomic E-state index is 0.340. The van der Waals surface area contributed by atoms with Crippen molar-refractivity contribution in [3.05, 3.63) is 35.9 Å². The van der Waals surface area contributed by atoms with Crippen LogP contribution in [0.3, 0.4) is 0 Å². The van der Waals surface area contributed by atoms with Crippen molar-refractivity contribution in [2.45, 2.75) is 26.0 Å². The van der Waals surface area contributed by atoms with Crippen LogP contribution in [-0.4, -0.2) is 48.4 Å². The lowest BCUT2D eigenvalue weighted by atomic mass is 10.2. The molecule has 1 aliphatic rings. The molecule has 1 saturated heterocycles. The Morgan fingerprint density at radius 1 is 1.27 bits per heavy atom. The van der Waals surface area contributed by atoms with Crippen molar-refractivity contribution in [2.24, 2.45) is 0 Å². The van der Waals surface area contributed by atoms with Gasteiger partial charge in [0.05, 0.1) is 6.61 Å². The van der Waals surface area contributed by atoms with Crippen LogP contribution in [0.4, 0.5) is 0 Å². The summed E-state index contributed by atoms with van der Waals surface area (Å²) in [7, 11) is 0. The highest BCUT2D eigenvalue weighted by Gasteiger charge is 2.29.